The maximum atomic E-state index is 8.71. The van der Waals surface area contributed by atoms with Crippen LogP contribution in [0.4, 0.5) is 5.69 Å². The number of nitrogens with two attached hydrogens (primary N) is 1. The number of benzene rings is 1. The molecule has 0 aliphatic carbocycles. The number of anilines is 1. The van der Waals surface area contributed by atoms with E-state index >= 15 is 0 Å². The molecule has 3 N–H and O–H groups in total. The molecule has 0 saturated carbocycles. The smallest absolute Gasteiger partial charge is 0.121 e. The van der Waals surface area contributed by atoms with Crippen molar-refractivity contribution < 1.29 is 9.84 Å². The molecule has 0 heterocycles. The first-order valence-electron chi connectivity index (χ1n) is 5.40. The van der Waals surface area contributed by atoms with E-state index in [0.29, 0.717) is 13.0 Å². The van der Waals surface area contributed by atoms with Gasteiger partial charge in [0.05, 0.1) is 0 Å². The lowest BCUT2D eigenvalue weighted by Crippen LogP contribution is -2.28. The van der Waals surface area contributed by atoms with Crippen LogP contribution >= 0.6 is 0 Å². The molecule has 0 saturated heterocycles. The number of hydrogen-bond acceptors (Lipinski definition) is 4. The molecule has 0 bridgehead atoms. The highest BCUT2D eigenvalue weighted by Gasteiger charge is 2.03. The molecule has 1 aromatic rings. The number of aliphatic hydroxyl groups excluding tert-OH is 1. The third-order valence-electron chi connectivity index (χ3n) is 2.30. The topological polar surface area (TPSA) is 58.7 Å². The predicted octanol–water partition coefficient (Wildman–Crippen LogP) is 0.841. The Hall–Kier alpha value is -1.26. The van der Waals surface area contributed by atoms with Crippen molar-refractivity contribution in [3.63, 3.8) is 0 Å². The standard InChI is InChI=1S/C12H20N2O2/c1-14(2)11-4-3-5-12(8-11)16-9-10(13)6-7-15/h3-5,8,10,15H,6-7,9,13H2,1-2H3. The Morgan fingerprint density at radius 3 is 2.81 bits per heavy atom. The normalized spacial score (nSPS) is 12.2. The zero-order valence-corrected chi connectivity index (χ0v) is 9.89. The van der Waals surface area contributed by atoms with Gasteiger partial charge in [0.1, 0.15) is 12.4 Å². The van der Waals surface area contributed by atoms with Gasteiger partial charge in [0.25, 0.3) is 0 Å². The van der Waals surface area contributed by atoms with Crippen LogP contribution in [0.1, 0.15) is 6.42 Å². The first kappa shape index (κ1) is 12.8. The van der Waals surface area contributed by atoms with Gasteiger partial charge in [0, 0.05) is 38.5 Å². The summed E-state index contributed by atoms with van der Waals surface area (Å²) in [6, 6.07) is 7.71. The van der Waals surface area contributed by atoms with Crippen LogP contribution in [0.25, 0.3) is 0 Å². The van der Waals surface area contributed by atoms with Crippen LogP contribution in [0, 0.1) is 0 Å². The van der Waals surface area contributed by atoms with E-state index in [1.54, 1.807) is 0 Å². The van der Waals surface area contributed by atoms with Gasteiger partial charge in [-0.05, 0) is 18.6 Å². The highest BCUT2D eigenvalue weighted by Crippen LogP contribution is 2.19. The molecule has 1 atom stereocenters. The van der Waals surface area contributed by atoms with Crippen molar-refractivity contribution in [1.29, 1.82) is 0 Å². The zero-order chi connectivity index (χ0) is 12.0. The molecule has 16 heavy (non-hydrogen) atoms. The Labute approximate surface area is 96.6 Å². The maximum Gasteiger partial charge on any atom is 0.121 e. The van der Waals surface area contributed by atoms with Crippen LogP contribution in [-0.2, 0) is 0 Å². The molecule has 4 nitrogen and oxygen atoms in total. The largest absolute Gasteiger partial charge is 0.492 e. The summed E-state index contributed by atoms with van der Waals surface area (Å²) in [6.45, 7) is 0.527. The van der Waals surface area contributed by atoms with Crippen molar-refractivity contribution in [1.82, 2.24) is 0 Å². The SMILES string of the molecule is CN(C)c1cccc(OCC(N)CCO)c1. The Kier molecular flexibility index (Phi) is 5.08. The van der Waals surface area contributed by atoms with Gasteiger partial charge in [-0.3, -0.25) is 0 Å². The molecular weight excluding hydrogens is 204 g/mol. The number of ether oxygens (including phenoxy) is 1. The molecule has 90 valence electrons. The van der Waals surface area contributed by atoms with Crippen LogP contribution in [0.5, 0.6) is 5.75 Å². The average molecular weight is 224 g/mol. The summed E-state index contributed by atoms with van der Waals surface area (Å²) in [7, 11) is 3.97. The third kappa shape index (κ3) is 4.08. The highest BCUT2D eigenvalue weighted by molar-refractivity contribution is 5.49. The van der Waals surface area contributed by atoms with Crippen molar-refractivity contribution in [3.8, 4) is 5.75 Å². The fraction of sp³-hybridized carbons (Fsp3) is 0.500. The Morgan fingerprint density at radius 1 is 1.44 bits per heavy atom. The van der Waals surface area contributed by atoms with Gasteiger partial charge in [0.15, 0.2) is 0 Å². The van der Waals surface area contributed by atoms with E-state index in [1.165, 1.54) is 0 Å². The number of aliphatic hydroxyl groups is 1. The van der Waals surface area contributed by atoms with Gasteiger partial charge in [-0.2, -0.15) is 0 Å². The van der Waals surface area contributed by atoms with Gasteiger partial charge in [-0.1, -0.05) is 6.07 Å². The van der Waals surface area contributed by atoms with Gasteiger partial charge in [-0.15, -0.1) is 0 Å². The monoisotopic (exact) mass is 224 g/mol. The van der Waals surface area contributed by atoms with Crippen LogP contribution in [0.3, 0.4) is 0 Å². The molecule has 1 rings (SSSR count). The summed E-state index contributed by atoms with van der Waals surface area (Å²) < 4.78 is 5.55. The fourth-order valence-corrected chi connectivity index (χ4v) is 1.30. The Bertz CT molecular complexity index is 316. The third-order valence-corrected chi connectivity index (χ3v) is 2.30. The lowest BCUT2D eigenvalue weighted by molar-refractivity contribution is 0.233. The van der Waals surface area contributed by atoms with Crippen LogP contribution in [-0.4, -0.2) is 38.5 Å². The molecule has 0 aliphatic heterocycles. The zero-order valence-electron chi connectivity index (χ0n) is 9.89. The second kappa shape index (κ2) is 6.35. The van der Waals surface area contributed by atoms with Crippen molar-refractivity contribution >= 4 is 5.69 Å². The highest BCUT2D eigenvalue weighted by atomic mass is 16.5. The first-order valence-corrected chi connectivity index (χ1v) is 5.40. The van der Waals surface area contributed by atoms with Crippen molar-refractivity contribution in [2.24, 2.45) is 5.73 Å². The molecule has 1 aromatic carbocycles. The van der Waals surface area contributed by atoms with E-state index in [-0.39, 0.29) is 12.6 Å². The fourth-order valence-electron chi connectivity index (χ4n) is 1.30. The van der Waals surface area contributed by atoms with Crippen molar-refractivity contribution in [2.45, 2.75) is 12.5 Å². The van der Waals surface area contributed by atoms with E-state index in [0.717, 1.165) is 11.4 Å². The van der Waals surface area contributed by atoms with E-state index in [9.17, 15) is 0 Å². The average Bonchev–Trinajstić information content (AvgIpc) is 2.27. The van der Waals surface area contributed by atoms with E-state index in [4.69, 9.17) is 15.6 Å². The van der Waals surface area contributed by atoms with E-state index in [1.807, 2.05) is 43.3 Å². The summed E-state index contributed by atoms with van der Waals surface area (Å²) in [4.78, 5) is 2.01. The first-order chi connectivity index (χ1) is 7.63. The lowest BCUT2D eigenvalue weighted by Gasteiger charge is -2.15. The molecule has 4 heteroatoms. The Morgan fingerprint density at radius 2 is 2.19 bits per heavy atom. The summed E-state index contributed by atoms with van der Waals surface area (Å²) in [5.41, 5.74) is 6.83. The number of hydrogen-bond donors (Lipinski definition) is 2. The van der Waals surface area contributed by atoms with Crippen LogP contribution < -0.4 is 15.4 Å². The molecule has 0 aromatic heterocycles. The van der Waals surface area contributed by atoms with E-state index < -0.39 is 0 Å². The van der Waals surface area contributed by atoms with Gasteiger partial charge in [0.2, 0.25) is 0 Å². The van der Waals surface area contributed by atoms with Gasteiger partial charge >= 0.3 is 0 Å². The summed E-state index contributed by atoms with van der Waals surface area (Å²) in [5.74, 6) is 0.805. The minimum absolute atomic E-state index is 0.0995. The number of rotatable bonds is 6. The van der Waals surface area contributed by atoms with Crippen molar-refractivity contribution in [3.05, 3.63) is 24.3 Å². The predicted molar refractivity (Wildman–Crippen MR) is 65.9 cm³/mol. The van der Waals surface area contributed by atoms with Crippen LogP contribution in [0.15, 0.2) is 24.3 Å². The molecular formula is C12H20N2O2. The lowest BCUT2D eigenvalue weighted by atomic mass is 10.2. The quantitative estimate of drug-likeness (QED) is 0.752. The molecule has 0 amide bonds. The second-order valence-corrected chi connectivity index (χ2v) is 3.98. The van der Waals surface area contributed by atoms with Crippen molar-refractivity contribution in [2.75, 3.05) is 32.2 Å². The van der Waals surface area contributed by atoms with Crippen LogP contribution in [0.2, 0.25) is 0 Å². The molecule has 0 radical (unpaired) electrons. The second-order valence-electron chi connectivity index (χ2n) is 3.98. The minimum atomic E-state index is -0.118. The molecule has 0 fully saturated rings. The maximum absolute atomic E-state index is 8.71. The Balaban J connectivity index is 2.50. The summed E-state index contributed by atoms with van der Waals surface area (Å²) >= 11 is 0. The molecule has 0 aliphatic rings. The van der Waals surface area contributed by atoms with Gasteiger partial charge in [-0.25, -0.2) is 0 Å². The minimum Gasteiger partial charge on any atom is -0.492 e. The molecule has 0 spiro atoms. The molecule has 1 unspecified atom stereocenters. The number of nitrogens with zero attached hydrogens (tertiary/aromatic N) is 1. The summed E-state index contributed by atoms with van der Waals surface area (Å²) in [6.07, 6.45) is 0.563. The summed E-state index contributed by atoms with van der Waals surface area (Å²) in [5, 5.41) is 8.71. The van der Waals surface area contributed by atoms with E-state index in [2.05, 4.69) is 0 Å². The van der Waals surface area contributed by atoms with Gasteiger partial charge < -0.3 is 20.5 Å².